The molecule has 1 heterocycles. The normalized spacial score (nSPS) is 11.0. The number of aromatic nitrogens is 1. The van der Waals surface area contributed by atoms with Gasteiger partial charge >= 0.3 is 0 Å². The van der Waals surface area contributed by atoms with Gasteiger partial charge in [0.1, 0.15) is 5.56 Å². The van der Waals surface area contributed by atoms with Crippen molar-refractivity contribution in [2.24, 2.45) is 5.92 Å². The second kappa shape index (κ2) is 9.31. The predicted molar refractivity (Wildman–Crippen MR) is 124 cm³/mol. The lowest BCUT2D eigenvalue weighted by atomic mass is 10.00. The molecule has 0 aliphatic carbocycles. The predicted octanol–water partition coefficient (Wildman–Crippen LogP) is 5.62. The Bertz CT molecular complexity index is 1110. The molecule has 0 aliphatic heterocycles. The van der Waals surface area contributed by atoms with Crippen LogP contribution in [-0.4, -0.2) is 10.5 Å². The third kappa shape index (κ3) is 5.00. The van der Waals surface area contributed by atoms with Crippen molar-refractivity contribution in [2.45, 2.75) is 40.7 Å². The van der Waals surface area contributed by atoms with Crippen LogP contribution in [0.2, 0.25) is 5.02 Å². The lowest BCUT2D eigenvalue weighted by Crippen LogP contribution is -2.29. The number of halogens is 1. The van der Waals surface area contributed by atoms with Crippen LogP contribution in [0.5, 0.6) is 0 Å². The maximum atomic E-state index is 13.2. The summed E-state index contributed by atoms with van der Waals surface area (Å²) < 4.78 is 2.07. The van der Waals surface area contributed by atoms with E-state index in [9.17, 15) is 9.59 Å². The van der Waals surface area contributed by atoms with Crippen LogP contribution < -0.4 is 10.7 Å². The quantitative estimate of drug-likeness (QED) is 0.560. The fourth-order valence-electron chi connectivity index (χ4n) is 3.56. The molecule has 0 unspecified atom stereocenters. The number of pyridine rings is 1. The van der Waals surface area contributed by atoms with Gasteiger partial charge in [-0.2, -0.15) is 0 Å². The van der Waals surface area contributed by atoms with E-state index in [1.54, 1.807) is 6.07 Å². The van der Waals surface area contributed by atoms with Crippen LogP contribution in [0.3, 0.4) is 0 Å². The number of nitrogens with one attached hydrogen (secondary N) is 1. The van der Waals surface area contributed by atoms with Gasteiger partial charge in [0.05, 0.1) is 0 Å². The molecule has 0 aliphatic rings. The van der Waals surface area contributed by atoms with E-state index in [1.807, 2.05) is 62.4 Å². The molecular formula is C25H27ClN2O2. The minimum absolute atomic E-state index is 0.214. The SMILES string of the molecule is Cc1ccccc1NC(=O)c1c(CC(C)C)n(Cc2ccc(Cl)cc2)c(C)cc1=O. The molecule has 0 atom stereocenters. The average molecular weight is 423 g/mol. The average Bonchev–Trinajstić information content (AvgIpc) is 2.67. The number of amides is 1. The number of anilines is 1. The summed E-state index contributed by atoms with van der Waals surface area (Å²) in [7, 11) is 0. The molecule has 0 radical (unpaired) electrons. The number of benzene rings is 2. The Labute approximate surface area is 182 Å². The molecule has 0 spiro atoms. The van der Waals surface area contributed by atoms with E-state index < -0.39 is 0 Å². The first-order chi connectivity index (χ1) is 14.3. The largest absolute Gasteiger partial charge is 0.343 e. The highest BCUT2D eigenvalue weighted by molar-refractivity contribution is 6.30. The third-order valence-electron chi connectivity index (χ3n) is 5.10. The zero-order valence-corrected chi connectivity index (χ0v) is 18.6. The van der Waals surface area contributed by atoms with E-state index in [4.69, 9.17) is 11.6 Å². The number of carbonyl (C=O) groups excluding carboxylic acids is 1. The summed E-state index contributed by atoms with van der Waals surface area (Å²) in [5, 5.41) is 3.61. The first-order valence-electron chi connectivity index (χ1n) is 10.1. The molecule has 3 aromatic rings. The van der Waals surface area contributed by atoms with Gasteiger partial charge in [0.25, 0.3) is 5.91 Å². The van der Waals surface area contributed by atoms with Gasteiger partial charge in [-0.3, -0.25) is 9.59 Å². The topological polar surface area (TPSA) is 51.1 Å². The molecule has 156 valence electrons. The summed E-state index contributed by atoms with van der Waals surface area (Å²) >= 11 is 6.02. The van der Waals surface area contributed by atoms with Crippen LogP contribution in [0.25, 0.3) is 0 Å². The Kier molecular flexibility index (Phi) is 6.78. The maximum absolute atomic E-state index is 13.2. The van der Waals surface area contributed by atoms with Gasteiger partial charge in [-0.05, 0) is 55.5 Å². The molecule has 0 saturated carbocycles. The van der Waals surface area contributed by atoms with E-state index in [0.29, 0.717) is 23.7 Å². The number of carbonyl (C=O) groups is 1. The Hall–Kier alpha value is -2.85. The first kappa shape index (κ1) is 21.8. The van der Waals surface area contributed by atoms with Crippen LogP contribution in [-0.2, 0) is 13.0 Å². The Morgan fingerprint density at radius 2 is 1.73 bits per heavy atom. The highest BCUT2D eigenvalue weighted by Crippen LogP contribution is 2.20. The van der Waals surface area contributed by atoms with Gasteiger partial charge in [0, 0.05) is 34.7 Å². The molecule has 0 saturated heterocycles. The molecule has 0 bridgehead atoms. The van der Waals surface area contributed by atoms with Crippen LogP contribution in [0.1, 0.15) is 46.7 Å². The van der Waals surface area contributed by atoms with E-state index in [1.165, 1.54) is 0 Å². The Balaban J connectivity index is 2.09. The van der Waals surface area contributed by atoms with Crippen molar-refractivity contribution >= 4 is 23.2 Å². The summed E-state index contributed by atoms with van der Waals surface area (Å²) in [5.74, 6) is -0.0810. The monoisotopic (exact) mass is 422 g/mol. The summed E-state index contributed by atoms with van der Waals surface area (Å²) in [6.45, 7) is 8.57. The maximum Gasteiger partial charge on any atom is 0.261 e. The summed E-state index contributed by atoms with van der Waals surface area (Å²) in [6.07, 6.45) is 0.626. The first-order valence-corrected chi connectivity index (χ1v) is 10.5. The molecular weight excluding hydrogens is 396 g/mol. The number of hydrogen-bond acceptors (Lipinski definition) is 2. The van der Waals surface area contributed by atoms with Crippen molar-refractivity contribution in [3.05, 3.63) is 97.9 Å². The van der Waals surface area contributed by atoms with Crippen molar-refractivity contribution < 1.29 is 4.79 Å². The Morgan fingerprint density at radius 3 is 2.37 bits per heavy atom. The number of nitrogens with zero attached hydrogens (tertiary/aromatic N) is 1. The van der Waals surface area contributed by atoms with Crippen molar-refractivity contribution in [2.75, 3.05) is 5.32 Å². The van der Waals surface area contributed by atoms with Gasteiger partial charge in [-0.1, -0.05) is 55.8 Å². The highest BCUT2D eigenvalue weighted by atomic mass is 35.5. The molecule has 4 nitrogen and oxygen atoms in total. The van der Waals surface area contributed by atoms with Crippen molar-refractivity contribution in [1.82, 2.24) is 4.57 Å². The van der Waals surface area contributed by atoms with E-state index in [0.717, 1.165) is 22.5 Å². The minimum atomic E-state index is -0.366. The lowest BCUT2D eigenvalue weighted by Gasteiger charge is -2.22. The van der Waals surface area contributed by atoms with Gasteiger partial charge in [0.2, 0.25) is 0 Å². The zero-order valence-electron chi connectivity index (χ0n) is 17.8. The number of rotatable bonds is 6. The van der Waals surface area contributed by atoms with Gasteiger partial charge < -0.3 is 9.88 Å². The number of para-hydroxylation sites is 1. The van der Waals surface area contributed by atoms with Crippen LogP contribution in [0.4, 0.5) is 5.69 Å². The molecule has 1 aromatic heterocycles. The fourth-order valence-corrected chi connectivity index (χ4v) is 3.69. The van der Waals surface area contributed by atoms with Crippen LogP contribution >= 0.6 is 11.6 Å². The van der Waals surface area contributed by atoms with Crippen LogP contribution in [0, 0.1) is 19.8 Å². The zero-order chi connectivity index (χ0) is 21.8. The standard InChI is InChI=1S/C25H27ClN2O2/c1-16(2)13-22-24(25(30)27-21-8-6-5-7-17(21)3)23(29)14-18(4)28(22)15-19-9-11-20(26)12-10-19/h5-12,14,16H,13,15H2,1-4H3,(H,27,30). The highest BCUT2D eigenvalue weighted by Gasteiger charge is 2.21. The van der Waals surface area contributed by atoms with Gasteiger partial charge in [0.15, 0.2) is 5.43 Å². The molecule has 1 N–H and O–H groups in total. The second-order valence-electron chi connectivity index (χ2n) is 8.05. The van der Waals surface area contributed by atoms with E-state index >= 15 is 0 Å². The Morgan fingerprint density at radius 1 is 1.07 bits per heavy atom. The number of hydrogen-bond donors (Lipinski definition) is 1. The summed E-state index contributed by atoms with van der Waals surface area (Å²) in [4.78, 5) is 26.1. The lowest BCUT2D eigenvalue weighted by molar-refractivity contribution is 0.102. The smallest absolute Gasteiger partial charge is 0.261 e. The molecule has 2 aromatic carbocycles. The fraction of sp³-hybridized carbons (Fsp3) is 0.280. The molecule has 1 amide bonds. The molecule has 0 fully saturated rings. The van der Waals surface area contributed by atoms with Crippen LogP contribution in [0.15, 0.2) is 59.4 Å². The molecule has 30 heavy (non-hydrogen) atoms. The minimum Gasteiger partial charge on any atom is -0.343 e. The van der Waals surface area contributed by atoms with Gasteiger partial charge in [-0.25, -0.2) is 0 Å². The van der Waals surface area contributed by atoms with Crippen molar-refractivity contribution in [1.29, 1.82) is 0 Å². The van der Waals surface area contributed by atoms with Gasteiger partial charge in [-0.15, -0.1) is 0 Å². The van der Waals surface area contributed by atoms with E-state index in [2.05, 4.69) is 23.7 Å². The van der Waals surface area contributed by atoms with E-state index in [-0.39, 0.29) is 22.8 Å². The molecule has 3 rings (SSSR count). The van der Waals surface area contributed by atoms with Crippen molar-refractivity contribution in [3.63, 3.8) is 0 Å². The summed E-state index contributed by atoms with van der Waals surface area (Å²) in [6, 6.07) is 16.7. The third-order valence-corrected chi connectivity index (χ3v) is 5.35. The second-order valence-corrected chi connectivity index (χ2v) is 8.49. The number of aryl methyl sites for hydroxylation is 2. The molecule has 5 heteroatoms. The van der Waals surface area contributed by atoms with Crippen molar-refractivity contribution in [3.8, 4) is 0 Å². The summed E-state index contributed by atoms with van der Waals surface area (Å²) in [5.41, 5.74) is 4.27.